The summed E-state index contributed by atoms with van der Waals surface area (Å²) in [5.74, 6) is -0.224. The number of aryl methyl sites for hydroxylation is 1. The van der Waals surface area contributed by atoms with Gasteiger partial charge >= 0.3 is 0 Å². The van der Waals surface area contributed by atoms with Gasteiger partial charge in [0.1, 0.15) is 17.2 Å². The van der Waals surface area contributed by atoms with E-state index in [1.165, 1.54) is 22.7 Å². The van der Waals surface area contributed by atoms with Crippen molar-refractivity contribution in [2.24, 2.45) is 7.05 Å². The molecule has 1 aliphatic rings. The van der Waals surface area contributed by atoms with Crippen molar-refractivity contribution in [3.8, 4) is 22.4 Å². The van der Waals surface area contributed by atoms with Crippen LogP contribution >= 0.6 is 0 Å². The Labute approximate surface area is 148 Å². The highest BCUT2D eigenvalue weighted by molar-refractivity contribution is 5.83. The van der Waals surface area contributed by atoms with E-state index in [0.717, 1.165) is 40.9 Å². The first-order chi connectivity index (χ1) is 12.6. The molecule has 1 saturated carbocycles. The van der Waals surface area contributed by atoms with E-state index in [0.29, 0.717) is 11.6 Å². The summed E-state index contributed by atoms with van der Waals surface area (Å²) in [5, 5.41) is 4.71. The first-order valence-electron chi connectivity index (χ1n) is 8.57. The summed E-state index contributed by atoms with van der Waals surface area (Å²) in [6, 6.07) is 10.1. The van der Waals surface area contributed by atoms with Crippen molar-refractivity contribution in [3.05, 3.63) is 66.3 Å². The molecule has 0 saturated heterocycles. The van der Waals surface area contributed by atoms with E-state index in [-0.39, 0.29) is 5.82 Å². The van der Waals surface area contributed by atoms with Crippen molar-refractivity contribution < 1.29 is 8.78 Å². The summed E-state index contributed by atoms with van der Waals surface area (Å²) in [6.45, 7) is 0. The fourth-order valence-electron chi connectivity index (χ4n) is 3.56. The van der Waals surface area contributed by atoms with Crippen LogP contribution < -0.4 is 0 Å². The summed E-state index contributed by atoms with van der Waals surface area (Å²) in [5.41, 5.74) is 5.19. The van der Waals surface area contributed by atoms with Crippen LogP contribution in [0.5, 0.6) is 0 Å². The van der Waals surface area contributed by atoms with E-state index in [2.05, 4.69) is 4.98 Å². The van der Waals surface area contributed by atoms with Crippen molar-refractivity contribution in [1.29, 1.82) is 0 Å². The van der Waals surface area contributed by atoms with Crippen LogP contribution in [-0.4, -0.2) is 19.2 Å². The number of nitrogens with zero attached hydrogens (tertiary/aromatic N) is 4. The lowest BCUT2D eigenvalue weighted by molar-refractivity contribution is 0.573. The molecule has 0 radical (unpaired) electrons. The van der Waals surface area contributed by atoms with Gasteiger partial charge in [0.2, 0.25) is 5.95 Å². The van der Waals surface area contributed by atoms with Crippen LogP contribution in [-0.2, 0) is 7.05 Å². The van der Waals surface area contributed by atoms with Crippen LogP contribution in [0.4, 0.5) is 8.78 Å². The van der Waals surface area contributed by atoms with Gasteiger partial charge in [-0.05, 0) is 49.2 Å². The minimum absolute atomic E-state index is 0.282. The first-order valence-corrected chi connectivity index (χ1v) is 8.57. The minimum Gasteiger partial charge on any atom is -0.276 e. The Kier molecular flexibility index (Phi) is 3.22. The molecule has 0 bridgehead atoms. The first kappa shape index (κ1) is 15.3. The molecule has 26 heavy (non-hydrogen) atoms. The molecule has 5 rings (SSSR count). The molecule has 0 unspecified atom stereocenters. The highest BCUT2D eigenvalue weighted by Crippen LogP contribution is 2.47. The number of hydrogen-bond donors (Lipinski definition) is 0. The Morgan fingerprint density at radius 3 is 2.46 bits per heavy atom. The quantitative estimate of drug-likeness (QED) is 0.543. The maximum atomic E-state index is 14.0. The fourth-order valence-corrected chi connectivity index (χ4v) is 3.56. The Morgan fingerprint density at radius 2 is 1.73 bits per heavy atom. The lowest BCUT2D eigenvalue weighted by atomic mass is 9.98. The van der Waals surface area contributed by atoms with Crippen molar-refractivity contribution in [3.63, 3.8) is 0 Å². The number of aromatic nitrogens is 4. The molecule has 1 aliphatic carbocycles. The van der Waals surface area contributed by atoms with Gasteiger partial charge in [0.15, 0.2) is 0 Å². The second-order valence-electron chi connectivity index (χ2n) is 6.74. The van der Waals surface area contributed by atoms with E-state index in [1.54, 1.807) is 24.4 Å². The van der Waals surface area contributed by atoms with Gasteiger partial charge in [-0.15, -0.1) is 0 Å². The number of hydrogen-bond acceptors (Lipinski definition) is 2. The normalized spacial score (nSPS) is 14.3. The van der Waals surface area contributed by atoms with Gasteiger partial charge in [0, 0.05) is 41.5 Å². The predicted octanol–water partition coefficient (Wildman–Crippen LogP) is 4.56. The third kappa shape index (κ3) is 2.33. The molecule has 6 heteroatoms. The second-order valence-corrected chi connectivity index (χ2v) is 6.74. The standard InChI is InChI=1S/C20H16F2N4/c1-25-20(13-2-3-13)18(19(24-25)12-4-7-15(21)8-5-12)14-6-9-17-23-10-16(22)26(17)11-14/h4-11,13H,2-3H2,1H3. The Hall–Kier alpha value is -3.02. The molecule has 3 heterocycles. The zero-order chi connectivity index (χ0) is 17.8. The van der Waals surface area contributed by atoms with Gasteiger partial charge in [-0.1, -0.05) is 0 Å². The van der Waals surface area contributed by atoms with Crippen molar-refractivity contribution in [1.82, 2.24) is 19.2 Å². The average molecular weight is 350 g/mol. The van der Waals surface area contributed by atoms with Crippen LogP contribution in [0.25, 0.3) is 28.0 Å². The number of halogens is 2. The third-order valence-corrected chi connectivity index (χ3v) is 4.92. The highest BCUT2D eigenvalue weighted by atomic mass is 19.1. The molecule has 4 nitrogen and oxygen atoms in total. The fraction of sp³-hybridized carbons (Fsp3) is 0.200. The van der Waals surface area contributed by atoms with Crippen LogP contribution in [0.1, 0.15) is 24.5 Å². The summed E-state index contributed by atoms with van der Waals surface area (Å²) in [6.07, 6.45) is 5.22. The maximum Gasteiger partial charge on any atom is 0.217 e. The van der Waals surface area contributed by atoms with Crippen LogP contribution in [0.15, 0.2) is 48.8 Å². The number of imidazole rings is 1. The van der Waals surface area contributed by atoms with E-state index >= 15 is 0 Å². The SMILES string of the molecule is Cn1nc(-c2ccc(F)cc2)c(-c2ccc3ncc(F)n3c2)c1C1CC1. The molecule has 1 fully saturated rings. The Balaban J connectivity index is 1.77. The molecule has 130 valence electrons. The van der Waals surface area contributed by atoms with Crippen molar-refractivity contribution >= 4 is 5.65 Å². The van der Waals surface area contributed by atoms with Gasteiger partial charge < -0.3 is 0 Å². The third-order valence-electron chi connectivity index (χ3n) is 4.92. The number of benzene rings is 1. The van der Waals surface area contributed by atoms with E-state index in [1.807, 2.05) is 17.8 Å². The molecule has 0 aliphatic heterocycles. The number of pyridine rings is 1. The molecule has 0 amide bonds. The molecule has 0 atom stereocenters. The summed E-state index contributed by atoms with van der Waals surface area (Å²) < 4.78 is 30.7. The predicted molar refractivity (Wildman–Crippen MR) is 94.7 cm³/mol. The molecular formula is C20H16F2N4. The largest absolute Gasteiger partial charge is 0.276 e. The van der Waals surface area contributed by atoms with E-state index in [9.17, 15) is 8.78 Å². The molecular weight excluding hydrogens is 334 g/mol. The minimum atomic E-state index is -0.401. The summed E-state index contributed by atoms with van der Waals surface area (Å²) in [4.78, 5) is 4.04. The van der Waals surface area contributed by atoms with Crippen LogP contribution in [0, 0.1) is 11.8 Å². The summed E-state index contributed by atoms with van der Waals surface area (Å²) >= 11 is 0. The highest BCUT2D eigenvalue weighted by Gasteiger charge is 2.32. The molecule has 3 aromatic heterocycles. The topological polar surface area (TPSA) is 35.1 Å². The van der Waals surface area contributed by atoms with Gasteiger partial charge in [0.05, 0.1) is 6.20 Å². The van der Waals surface area contributed by atoms with Crippen molar-refractivity contribution in [2.45, 2.75) is 18.8 Å². The molecule has 1 aromatic carbocycles. The number of fused-ring (bicyclic) bond motifs is 1. The summed E-state index contributed by atoms with van der Waals surface area (Å²) in [7, 11) is 1.93. The lowest BCUT2D eigenvalue weighted by Crippen LogP contribution is -1.97. The van der Waals surface area contributed by atoms with Gasteiger partial charge in [-0.25, -0.2) is 9.37 Å². The van der Waals surface area contributed by atoms with Crippen LogP contribution in [0.3, 0.4) is 0 Å². The smallest absolute Gasteiger partial charge is 0.217 e. The van der Waals surface area contributed by atoms with E-state index in [4.69, 9.17) is 5.10 Å². The Bertz CT molecular complexity index is 1120. The lowest BCUT2D eigenvalue weighted by Gasteiger charge is -2.08. The monoisotopic (exact) mass is 350 g/mol. The molecule has 4 aromatic rings. The number of rotatable bonds is 3. The van der Waals surface area contributed by atoms with E-state index < -0.39 is 5.95 Å². The van der Waals surface area contributed by atoms with Crippen molar-refractivity contribution in [2.75, 3.05) is 0 Å². The van der Waals surface area contributed by atoms with Gasteiger partial charge in [-0.3, -0.25) is 9.08 Å². The average Bonchev–Trinajstić information content (AvgIpc) is 3.33. The molecule has 0 N–H and O–H groups in total. The van der Waals surface area contributed by atoms with Crippen LogP contribution in [0.2, 0.25) is 0 Å². The van der Waals surface area contributed by atoms with Gasteiger partial charge in [-0.2, -0.15) is 9.49 Å². The zero-order valence-electron chi connectivity index (χ0n) is 14.2. The zero-order valence-corrected chi connectivity index (χ0v) is 14.2. The maximum absolute atomic E-state index is 14.0. The van der Waals surface area contributed by atoms with Gasteiger partial charge in [0.25, 0.3) is 0 Å². The Morgan fingerprint density at radius 1 is 1.00 bits per heavy atom. The molecule has 0 spiro atoms. The second kappa shape index (κ2) is 5.49.